The van der Waals surface area contributed by atoms with Crippen LogP contribution in [-0.4, -0.2) is 29.3 Å². The second kappa shape index (κ2) is 11.5. The molecule has 0 unspecified atom stereocenters. The number of carbonyl (C=O) groups excluding carboxylic acids is 1. The van der Waals surface area contributed by atoms with Gasteiger partial charge in [0.2, 0.25) is 5.91 Å². The molecule has 10 heteroatoms. The van der Waals surface area contributed by atoms with E-state index in [1.807, 2.05) is 39.8 Å². The first-order valence-electron chi connectivity index (χ1n) is 12.5. The number of benzene rings is 4. The SMILES string of the molecule is Cc1ccc(NS(=O)(=O)c2ccc(NC(=O)CN(c3ccc(C)c(C)c3)S(=O)(=O)c3ccccc3)cc2)c(C)c1. The molecule has 8 nitrogen and oxygen atoms in total. The maximum atomic E-state index is 13.5. The van der Waals surface area contributed by atoms with Crippen molar-refractivity contribution in [2.45, 2.75) is 37.5 Å². The fraction of sp³-hybridized carbons (Fsp3) is 0.167. The van der Waals surface area contributed by atoms with Gasteiger partial charge in [-0.3, -0.25) is 13.8 Å². The first kappa shape index (κ1) is 28.8. The first-order chi connectivity index (χ1) is 18.9. The standard InChI is InChI=1S/C30H31N3O5S2/c1-21-10-17-29(24(4)18-21)32-39(35,36)27-15-12-25(13-16-27)31-30(34)20-33(26-14-11-22(2)23(3)19-26)40(37,38)28-8-6-5-7-9-28/h5-19,32H,20H2,1-4H3,(H,31,34). The third kappa shape index (κ3) is 6.52. The van der Waals surface area contributed by atoms with Crippen molar-refractivity contribution < 1.29 is 21.6 Å². The zero-order valence-electron chi connectivity index (χ0n) is 22.7. The van der Waals surface area contributed by atoms with Gasteiger partial charge in [0.05, 0.1) is 21.2 Å². The average Bonchev–Trinajstić information content (AvgIpc) is 2.91. The van der Waals surface area contributed by atoms with Gasteiger partial charge in [-0.2, -0.15) is 0 Å². The molecule has 0 radical (unpaired) electrons. The van der Waals surface area contributed by atoms with Crippen LogP contribution in [0.2, 0.25) is 0 Å². The van der Waals surface area contributed by atoms with Crippen LogP contribution >= 0.6 is 0 Å². The Kier molecular flexibility index (Phi) is 8.32. The predicted octanol–water partition coefficient (Wildman–Crippen LogP) is 5.56. The lowest BCUT2D eigenvalue weighted by Gasteiger charge is -2.25. The van der Waals surface area contributed by atoms with E-state index in [2.05, 4.69) is 10.0 Å². The zero-order chi connectivity index (χ0) is 29.1. The highest BCUT2D eigenvalue weighted by molar-refractivity contribution is 7.93. The Morgan fingerprint density at radius 3 is 2.00 bits per heavy atom. The molecule has 0 spiro atoms. The lowest BCUT2D eigenvalue weighted by atomic mass is 10.1. The Labute approximate surface area is 235 Å². The van der Waals surface area contributed by atoms with Crippen LogP contribution in [0.4, 0.5) is 17.1 Å². The van der Waals surface area contributed by atoms with Gasteiger partial charge in [0.15, 0.2) is 0 Å². The molecule has 0 atom stereocenters. The number of hydrogen-bond acceptors (Lipinski definition) is 5. The van der Waals surface area contributed by atoms with Crippen LogP contribution in [0.5, 0.6) is 0 Å². The Hall–Kier alpha value is -4.15. The van der Waals surface area contributed by atoms with Gasteiger partial charge in [0, 0.05) is 5.69 Å². The van der Waals surface area contributed by atoms with Crippen molar-refractivity contribution in [3.8, 4) is 0 Å². The quantitative estimate of drug-likeness (QED) is 0.271. The summed E-state index contributed by atoms with van der Waals surface area (Å²) in [5.74, 6) is -0.582. The van der Waals surface area contributed by atoms with Crippen LogP contribution in [0.3, 0.4) is 0 Å². The number of nitrogens with zero attached hydrogens (tertiary/aromatic N) is 1. The van der Waals surface area contributed by atoms with E-state index in [1.165, 1.54) is 36.4 Å². The maximum absolute atomic E-state index is 13.5. The van der Waals surface area contributed by atoms with Crippen molar-refractivity contribution in [1.29, 1.82) is 0 Å². The molecular weight excluding hydrogens is 546 g/mol. The molecule has 0 fully saturated rings. The van der Waals surface area contributed by atoms with Crippen LogP contribution in [0.25, 0.3) is 0 Å². The zero-order valence-corrected chi connectivity index (χ0v) is 24.3. The highest BCUT2D eigenvalue weighted by atomic mass is 32.2. The second-order valence-corrected chi connectivity index (χ2v) is 13.1. The molecule has 4 aromatic carbocycles. The molecule has 4 aromatic rings. The van der Waals surface area contributed by atoms with Crippen molar-refractivity contribution in [2.24, 2.45) is 0 Å². The van der Waals surface area contributed by atoms with E-state index in [1.54, 1.807) is 42.5 Å². The van der Waals surface area contributed by atoms with Gasteiger partial charge in [-0.25, -0.2) is 16.8 Å². The molecule has 40 heavy (non-hydrogen) atoms. The minimum Gasteiger partial charge on any atom is -0.325 e. The fourth-order valence-electron chi connectivity index (χ4n) is 4.10. The summed E-state index contributed by atoms with van der Waals surface area (Å²) in [7, 11) is -7.91. The van der Waals surface area contributed by atoms with Crippen LogP contribution < -0.4 is 14.3 Å². The summed E-state index contributed by atoms with van der Waals surface area (Å²) in [4.78, 5) is 13.2. The molecule has 0 bridgehead atoms. The minimum absolute atomic E-state index is 0.0221. The summed E-state index contributed by atoms with van der Waals surface area (Å²) in [5, 5.41) is 2.68. The molecule has 0 saturated heterocycles. The van der Waals surface area contributed by atoms with Crippen molar-refractivity contribution in [3.63, 3.8) is 0 Å². The highest BCUT2D eigenvalue weighted by Gasteiger charge is 2.27. The van der Waals surface area contributed by atoms with E-state index < -0.39 is 32.5 Å². The minimum atomic E-state index is -4.05. The van der Waals surface area contributed by atoms with E-state index in [9.17, 15) is 21.6 Å². The fourth-order valence-corrected chi connectivity index (χ4v) is 6.66. The number of sulfonamides is 2. The smallest absolute Gasteiger partial charge is 0.264 e. The molecule has 4 rings (SSSR count). The number of carbonyl (C=O) groups is 1. The maximum Gasteiger partial charge on any atom is 0.264 e. The van der Waals surface area contributed by atoms with Crippen molar-refractivity contribution in [3.05, 3.63) is 113 Å². The molecule has 0 aliphatic heterocycles. The average molecular weight is 578 g/mol. The van der Waals surface area contributed by atoms with E-state index in [-0.39, 0.29) is 9.79 Å². The van der Waals surface area contributed by atoms with Gasteiger partial charge in [-0.1, -0.05) is 42.0 Å². The Bertz CT molecular complexity index is 1750. The number of nitrogens with one attached hydrogen (secondary N) is 2. The first-order valence-corrected chi connectivity index (χ1v) is 15.4. The monoisotopic (exact) mass is 577 g/mol. The molecule has 208 valence electrons. The van der Waals surface area contributed by atoms with Crippen LogP contribution in [0.15, 0.2) is 101 Å². The molecule has 0 aliphatic carbocycles. The molecule has 0 aliphatic rings. The van der Waals surface area contributed by atoms with Crippen molar-refractivity contribution >= 4 is 43.0 Å². The lowest BCUT2D eigenvalue weighted by molar-refractivity contribution is -0.114. The molecule has 0 aromatic heterocycles. The van der Waals surface area contributed by atoms with Crippen molar-refractivity contribution in [2.75, 3.05) is 20.9 Å². The van der Waals surface area contributed by atoms with E-state index in [0.29, 0.717) is 17.1 Å². The number of hydrogen-bond donors (Lipinski definition) is 2. The molecule has 2 N–H and O–H groups in total. The molecule has 0 heterocycles. The van der Waals surface area contributed by atoms with Gasteiger partial charge < -0.3 is 5.32 Å². The van der Waals surface area contributed by atoms with Crippen LogP contribution in [0, 0.1) is 27.7 Å². The Balaban J connectivity index is 1.54. The number of anilines is 3. The number of aryl methyl sites for hydroxylation is 4. The van der Waals surface area contributed by atoms with Crippen molar-refractivity contribution in [1.82, 2.24) is 0 Å². The summed E-state index contributed by atoms with van der Waals surface area (Å²) in [6, 6.07) is 24.2. The lowest BCUT2D eigenvalue weighted by Crippen LogP contribution is -2.38. The summed E-state index contributed by atoms with van der Waals surface area (Å²) < 4.78 is 56.5. The largest absolute Gasteiger partial charge is 0.325 e. The second-order valence-electron chi connectivity index (χ2n) is 9.59. The van der Waals surface area contributed by atoms with Crippen LogP contribution in [-0.2, 0) is 24.8 Å². The normalized spacial score (nSPS) is 11.6. The third-order valence-corrected chi connectivity index (χ3v) is 9.64. The summed E-state index contributed by atoms with van der Waals surface area (Å²) in [6.45, 7) is 7.06. The number of amides is 1. The van der Waals surface area contributed by atoms with E-state index in [4.69, 9.17) is 0 Å². The summed E-state index contributed by atoms with van der Waals surface area (Å²) in [5.41, 5.74) is 4.87. The third-order valence-electron chi connectivity index (χ3n) is 6.47. The Morgan fingerprint density at radius 1 is 0.700 bits per heavy atom. The molecular formula is C30H31N3O5S2. The van der Waals surface area contributed by atoms with Gasteiger partial charge in [-0.15, -0.1) is 0 Å². The van der Waals surface area contributed by atoms with Gasteiger partial charge in [0.1, 0.15) is 6.54 Å². The van der Waals surface area contributed by atoms with Gasteiger partial charge in [0.25, 0.3) is 20.0 Å². The highest BCUT2D eigenvalue weighted by Crippen LogP contribution is 2.26. The molecule has 0 saturated carbocycles. The summed E-state index contributed by atoms with van der Waals surface area (Å²) in [6.07, 6.45) is 0. The van der Waals surface area contributed by atoms with Crippen LogP contribution in [0.1, 0.15) is 22.3 Å². The predicted molar refractivity (Wildman–Crippen MR) is 159 cm³/mol. The van der Waals surface area contributed by atoms with Gasteiger partial charge >= 0.3 is 0 Å². The van der Waals surface area contributed by atoms with E-state index >= 15 is 0 Å². The number of rotatable bonds is 9. The molecule has 1 amide bonds. The summed E-state index contributed by atoms with van der Waals surface area (Å²) >= 11 is 0. The van der Waals surface area contributed by atoms with Gasteiger partial charge in [-0.05, 0) is 99.0 Å². The topological polar surface area (TPSA) is 113 Å². The Morgan fingerprint density at radius 2 is 1.38 bits per heavy atom. The van der Waals surface area contributed by atoms with E-state index in [0.717, 1.165) is 26.6 Å².